The molecule has 6 nitrogen and oxygen atoms in total. The van der Waals surface area contributed by atoms with Crippen molar-refractivity contribution in [1.82, 2.24) is 4.31 Å². The second kappa shape index (κ2) is 7.79. The topological polar surface area (TPSA) is 75.7 Å². The van der Waals surface area contributed by atoms with Crippen molar-refractivity contribution < 1.29 is 17.9 Å². The average Bonchev–Trinajstić information content (AvgIpc) is 2.76. The minimum Gasteiger partial charge on any atom is -0.446 e. The Hall–Kier alpha value is -1.60. The molecule has 1 aromatic rings. The van der Waals surface area contributed by atoms with Crippen molar-refractivity contribution in [2.75, 3.05) is 19.4 Å². The summed E-state index contributed by atoms with van der Waals surface area (Å²) in [6, 6.07) is 6.06. The highest BCUT2D eigenvalue weighted by Gasteiger charge is 2.18. The summed E-state index contributed by atoms with van der Waals surface area (Å²) in [5.74, 6) is 0. The lowest BCUT2D eigenvalue weighted by Crippen LogP contribution is -2.23. The Kier molecular flexibility index (Phi) is 6.01. The SMILES string of the molecule is CN(C)S(=O)(=O)c1ccc(NC(=O)OC2CCCCCC2)cc1. The summed E-state index contributed by atoms with van der Waals surface area (Å²) in [5, 5.41) is 2.65. The number of nitrogens with one attached hydrogen (secondary N) is 1. The molecule has 1 amide bonds. The van der Waals surface area contributed by atoms with E-state index in [1.54, 1.807) is 12.1 Å². The number of carbonyl (C=O) groups excluding carboxylic acids is 1. The number of anilines is 1. The summed E-state index contributed by atoms with van der Waals surface area (Å²) in [4.78, 5) is 12.1. The monoisotopic (exact) mass is 340 g/mol. The minimum absolute atomic E-state index is 0.0223. The molecular weight excluding hydrogens is 316 g/mol. The molecule has 23 heavy (non-hydrogen) atoms. The van der Waals surface area contributed by atoms with Gasteiger partial charge >= 0.3 is 6.09 Å². The maximum atomic E-state index is 12.0. The van der Waals surface area contributed by atoms with Crippen LogP contribution in [0.15, 0.2) is 29.2 Å². The first-order chi connectivity index (χ1) is 10.9. The molecule has 0 aromatic heterocycles. The molecular formula is C16H24N2O4S. The molecule has 1 fully saturated rings. The molecule has 1 saturated carbocycles. The standard InChI is InChI=1S/C16H24N2O4S/c1-18(2)23(20,21)15-11-9-13(10-12-15)17-16(19)22-14-7-5-3-4-6-8-14/h9-12,14H,3-8H2,1-2H3,(H,17,19). The average molecular weight is 340 g/mol. The van der Waals surface area contributed by atoms with E-state index in [4.69, 9.17) is 4.74 Å². The van der Waals surface area contributed by atoms with Gasteiger partial charge < -0.3 is 4.74 Å². The van der Waals surface area contributed by atoms with Gasteiger partial charge in [0.25, 0.3) is 0 Å². The Labute approximate surface area is 137 Å². The first-order valence-corrected chi connectivity index (χ1v) is 9.34. The summed E-state index contributed by atoms with van der Waals surface area (Å²) in [5.41, 5.74) is 0.515. The lowest BCUT2D eigenvalue weighted by atomic mass is 10.2. The molecule has 1 aliphatic rings. The van der Waals surface area contributed by atoms with Crippen LogP contribution in [0.3, 0.4) is 0 Å². The third-order valence-corrected chi connectivity index (χ3v) is 5.78. The summed E-state index contributed by atoms with van der Waals surface area (Å²) in [6.45, 7) is 0. The first kappa shape index (κ1) is 17.7. The van der Waals surface area contributed by atoms with Gasteiger partial charge in [0.2, 0.25) is 10.0 Å². The smallest absolute Gasteiger partial charge is 0.411 e. The Morgan fingerprint density at radius 2 is 1.65 bits per heavy atom. The van der Waals surface area contributed by atoms with E-state index in [1.807, 2.05) is 0 Å². The van der Waals surface area contributed by atoms with Crippen molar-refractivity contribution in [2.45, 2.75) is 49.5 Å². The van der Waals surface area contributed by atoms with Crippen LogP contribution in [0.1, 0.15) is 38.5 Å². The van der Waals surface area contributed by atoms with Crippen LogP contribution >= 0.6 is 0 Å². The number of carbonyl (C=O) groups is 1. The molecule has 1 aromatic carbocycles. The Bertz CT molecular complexity index is 618. The predicted molar refractivity (Wildman–Crippen MR) is 88.9 cm³/mol. The number of ether oxygens (including phenoxy) is 1. The van der Waals surface area contributed by atoms with Crippen LogP contribution in [0.2, 0.25) is 0 Å². The number of hydrogen-bond acceptors (Lipinski definition) is 4. The minimum atomic E-state index is -3.46. The highest BCUT2D eigenvalue weighted by Crippen LogP contribution is 2.21. The van der Waals surface area contributed by atoms with Crippen molar-refractivity contribution >= 4 is 21.8 Å². The van der Waals surface area contributed by atoms with E-state index >= 15 is 0 Å². The van der Waals surface area contributed by atoms with Gasteiger partial charge in [0.05, 0.1) is 4.90 Å². The third-order valence-electron chi connectivity index (χ3n) is 3.96. The summed E-state index contributed by atoms with van der Waals surface area (Å²) < 4.78 is 30.5. The molecule has 2 rings (SSSR count). The van der Waals surface area contributed by atoms with Gasteiger partial charge in [0, 0.05) is 19.8 Å². The zero-order valence-corrected chi connectivity index (χ0v) is 14.4. The highest BCUT2D eigenvalue weighted by molar-refractivity contribution is 7.89. The van der Waals surface area contributed by atoms with E-state index < -0.39 is 16.1 Å². The van der Waals surface area contributed by atoms with Gasteiger partial charge in [0.15, 0.2) is 0 Å². The molecule has 0 bridgehead atoms. The number of nitrogens with zero attached hydrogens (tertiary/aromatic N) is 1. The fraction of sp³-hybridized carbons (Fsp3) is 0.562. The van der Waals surface area contributed by atoms with Crippen LogP contribution in [-0.2, 0) is 14.8 Å². The fourth-order valence-electron chi connectivity index (χ4n) is 2.58. The molecule has 128 valence electrons. The predicted octanol–water partition coefficient (Wildman–Crippen LogP) is 3.21. The molecule has 1 N–H and O–H groups in total. The molecule has 0 spiro atoms. The second-order valence-electron chi connectivity index (χ2n) is 5.96. The largest absolute Gasteiger partial charge is 0.446 e. The molecule has 0 heterocycles. The van der Waals surface area contributed by atoms with E-state index in [9.17, 15) is 13.2 Å². The van der Waals surface area contributed by atoms with Crippen LogP contribution in [0.5, 0.6) is 0 Å². The fourth-order valence-corrected chi connectivity index (χ4v) is 3.48. The molecule has 0 unspecified atom stereocenters. The maximum Gasteiger partial charge on any atom is 0.411 e. The van der Waals surface area contributed by atoms with Gasteiger partial charge in [-0.3, -0.25) is 5.32 Å². The van der Waals surface area contributed by atoms with Crippen LogP contribution in [0.4, 0.5) is 10.5 Å². The molecule has 1 aliphatic carbocycles. The van der Waals surface area contributed by atoms with Crippen LogP contribution in [0, 0.1) is 0 Å². The maximum absolute atomic E-state index is 12.0. The summed E-state index contributed by atoms with van der Waals surface area (Å²) in [7, 11) is -0.504. The Morgan fingerprint density at radius 3 is 2.17 bits per heavy atom. The lowest BCUT2D eigenvalue weighted by molar-refractivity contribution is 0.101. The molecule has 0 radical (unpaired) electrons. The first-order valence-electron chi connectivity index (χ1n) is 7.90. The lowest BCUT2D eigenvalue weighted by Gasteiger charge is -2.16. The van der Waals surface area contributed by atoms with Gasteiger partial charge in [-0.15, -0.1) is 0 Å². The Morgan fingerprint density at radius 1 is 1.09 bits per heavy atom. The normalized spacial score (nSPS) is 16.8. The third kappa shape index (κ3) is 4.94. The number of rotatable bonds is 4. The van der Waals surface area contributed by atoms with Crippen molar-refractivity contribution in [3.63, 3.8) is 0 Å². The Balaban J connectivity index is 1.94. The number of amides is 1. The summed E-state index contributed by atoms with van der Waals surface area (Å²) in [6.07, 6.45) is 5.89. The molecule has 0 saturated heterocycles. The van der Waals surface area contributed by atoms with Crippen molar-refractivity contribution in [1.29, 1.82) is 0 Å². The van der Waals surface area contributed by atoms with E-state index in [0.29, 0.717) is 5.69 Å². The van der Waals surface area contributed by atoms with E-state index in [0.717, 1.165) is 30.0 Å². The second-order valence-corrected chi connectivity index (χ2v) is 8.11. The zero-order valence-electron chi connectivity index (χ0n) is 13.6. The highest BCUT2D eigenvalue weighted by atomic mass is 32.2. The quantitative estimate of drug-likeness (QED) is 0.854. The van der Waals surface area contributed by atoms with Crippen molar-refractivity contribution in [2.24, 2.45) is 0 Å². The van der Waals surface area contributed by atoms with Crippen LogP contribution in [-0.4, -0.2) is 39.0 Å². The summed E-state index contributed by atoms with van der Waals surface area (Å²) >= 11 is 0. The van der Waals surface area contributed by atoms with Gasteiger partial charge in [-0.05, 0) is 49.9 Å². The van der Waals surface area contributed by atoms with E-state index in [-0.39, 0.29) is 11.0 Å². The number of sulfonamides is 1. The molecule has 7 heteroatoms. The van der Waals surface area contributed by atoms with E-state index in [1.165, 1.54) is 39.1 Å². The van der Waals surface area contributed by atoms with Crippen LogP contribution in [0.25, 0.3) is 0 Å². The van der Waals surface area contributed by atoms with Crippen molar-refractivity contribution in [3.05, 3.63) is 24.3 Å². The van der Waals surface area contributed by atoms with Crippen LogP contribution < -0.4 is 5.32 Å². The van der Waals surface area contributed by atoms with Gasteiger partial charge in [-0.2, -0.15) is 0 Å². The van der Waals surface area contributed by atoms with Crippen molar-refractivity contribution in [3.8, 4) is 0 Å². The van der Waals surface area contributed by atoms with E-state index in [2.05, 4.69) is 5.32 Å². The van der Waals surface area contributed by atoms with Gasteiger partial charge in [0.1, 0.15) is 6.10 Å². The zero-order chi connectivity index (χ0) is 16.9. The molecule has 0 aliphatic heterocycles. The molecule has 0 atom stereocenters. The number of hydrogen-bond donors (Lipinski definition) is 1. The van der Waals surface area contributed by atoms with Gasteiger partial charge in [-0.1, -0.05) is 12.8 Å². The number of benzene rings is 1. The van der Waals surface area contributed by atoms with Gasteiger partial charge in [-0.25, -0.2) is 17.5 Å².